The van der Waals surface area contributed by atoms with Gasteiger partial charge in [0.2, 0.25) is 27.7 Å². The number of carbonyl (C=O) groups excluding carboxylic acids is 3. The van der Waals surface area contributed by atoms with Gasteiger partial charge in [0.15, 0.2) is 0 Å². The molecule has 0 saturated heterocycles. The third-order valence-electron chi connectivity index (χ3n) is 8.91. The lowest BCUT2D eigenvalue weighted by molar-refractivity contribution is -0.139. The zero-order chi connectivity index (χ0) is 33.9. The highest BCUT2D eigenvalue weighted by atomic mass is 32.2. The Bertz CT molecular complexity index is 1050. The summed E-state index contributed by atoms with van der Waals surface area (Å²) in [6.45, 7) is 10.7. The number of alkyl halides is 2. The largest absolute Gasteiger partial charge is 0.390 e. The Hall–Kier alpha value is -1.90. The first kappa shape index (κ1) is 39.3. The molecule has 0 aromatic heterocycles. The summed E-state index contributed by atoms with van der Waals surface area (Å²) in [5.41, 5.74) is 2.79. The monoisotopic (exact) mass is 665 g/mol. The fourth-order valence-electron chi connectivity index (χ4n) is 6.64. The number of hydrogen-bond acceptors (Lipinski definition) is 7. The molecule has 3 amide bonds. The van der Waals surface area contributed by atoms with E-state index in [-0.39, 0.29) is 69.2 Å². The highest BCUT2D eigenvalue weighted by molar-refractivity contribution is 7.89. The van der Waals surface area contributed by atoms with Crippen LogP contribution in [0.3, 0.4) is 0 Å². The summed E-state index contributed by atoms with van der Waals surface area (Å²) in [5.74, 6) is -3.33. The zero-order valence-corrected chi connectivity index (χ0v) is 28.5. The number of amides is 3. The molecule has 262 valence electrons. The molecule has 0 heterocycles. The van der Waals surface area contributed by atoms with Crippen LogP contribution in [0, 0.1) is 23.7 Å². The summed E-state index contributed by atoms with van der Waals surface area (Å²) >= 11 is 0. The maximum absolute atomic E-state index is 14.3. The summed E-state index contributed by atoms with van der Waals surface area (Å²) in [7, 11) is -4.06. The molecule has 2 saturated carbocycles. The lowest BCUT2D eigenvalue weighted by Crippen LogP contribution is -2.55. The maximum atomic E-state index is 14.3. The van der Waals surface area contributed by atoms with Gasteiger partial charge in [0, 0.05) is 50.4 Å². The van der Waals surface area contributed by atoms with E-state index in [2.05, 4.69) is 10.7 Å². The molecule has 2 rings (SSSR count). The van der Waals surface area contributed by atoms with E-state index in [9.17, 15) is 36.7 Å². The van der Waals surface area contributed by atoms with Gasteiger partial charge < -0.3 is 15.3 Å². The van der Waals surface area contributed by atoms with Crippen LogP contribution in [0.1, 0.15) is 98.8 Å². The van der Waals surface area contributed by atoms with E-state index in [4.69, 9.17) is 5.14 Å². The minimum Gasteiger partial charge on any atom is -0.390 e. The fourth-order valence-corrected chi connectivity index (χ4v) is 7.64. The van der Waals surface area contributed by atoms with Crippen molar-refractivity contribution < 1.29 is 36.7 Å². The molecule has 7 atom stereocenters. The lowest BCUT2D eigenvalue weighted by atomic mass is 9.79. The summed E-state index contributed by atoms with van der Waals surface area (Å²) in [6, 6.07) is -0.934. The SMILES string of the molecule is CCCN(CC(O)C(CC1CC(F)CC(F)C1)NC(=O)C1CC(C(=O)N(CCC)CCC)CC(S(N)(=O)=O)C1)NC(=O)C(C)C. The predicted molar refractivity (Wildman–Crippen MR) is 169 cm³/mol. The molecule has 2 aliphatic carbocycles. The number of sulfonamides is 1. The van der Waals surface area contributed by atoms with Crippen molar-refractivity contribution in [3.05, 3.63) is 0 Å². The number of hydrogen-bond donors (Lipinski definition) is 4. The number of carbonyl (C=O) groups is 3. The van der Waals surface area contributed by atoms with E-state index in [0.717, 1.165) is 12.8 Å². The van der Waals surface area contributed by atoms with Crippen molar-refractivity contribution in [3.63, 3.8) is 0 Å². The molecule has 0 aliphatic heterocycles. The quantitative estimate of drug-likeness (QED) is 0.174. The standard InChI is InChI=1S/C31H57F2N5O6S/c1-6-9-37(10-7-2)31(42)23-15-22(16-26(17-23)45(34,43)44)30(41)35-27(14-21-12-24(32)18-25(33)13-21)28(39)19-38(11-8-3)36-29(40)20(4)5/h20-28,39H,6-19H2,1-5H3,(H,35,41)(H,36,40)(H2,34,43,44). The number of aliphatic hydroxyl groups excluding tert-OH is 1. The van der Waals surface area contributed by atoms with E-state index in [1.165, 1.54) is 0 Å². The van der Waals surface area contributed by atoms with Crippen LogP contribution in [0.4, 0.5) is 8.78 Å². The molecule has 5 N–H and O–H groups in total. The molecule has 0 spiro atoms. The number of primary sulfonamides is 1. The topological polar surface area (TPSA) is 162 Å². The first-order valence-electron chi connectivity index (χ1n) is 16.7. The Morgan fingerprint density at radius 1 is 0.889 bits per heavy atom. The maximum Gasteiger partial charge on any atom is 0.236 e. The van der Waals surface area contributed by atoms with Crippen LogP contribution in [-0.4, -0.2) is 97.1 Å². The molecule has 14 heteroatoms. The van der Waals surface area contributed by atoms with Crippen LogP contribution in [0.5, 0.6) is 0 Å². The normalized spacial score (nSPS) is 27.2. The van der Waals surface area contributed by atoms with Gasteiger partial charge in [-0.3, -0.25) is 19.8 Å². The smallest absolute Gasteiger partial charge is 0.236 e. The number of halogens is 2. The highest BCUT2D eigenvalue weighted by Crippen LogP contribution is 2.35. The Balaban J connectivity index is 2.32. The molecular weight excluding hydrogens is 608 g/mol. The molecule has 2 aliphatic rings. The first-order chi connectivity index (χ1) is 21.1. The Morgan fingerprint density at radius 2 is 1.44 bits per heavy atom. The third kappa shape index (κ3) is 12.7. The van der Waals surface area contributed by atoms with E-state index in [1.807, 2.05) is 20.8 Å². The van der Waals surface area contributed by atoms with Crippen molar-refractivity contribution in [2.45, 2.75) is 129 Å². The third-order valence-corrected chi connectivity index (χ3v) is 10.2. The second-order valence-electron chi connectivity index (χ2n) is 13.4. The number of nitrogens with one attached hydrogen (secondary N) is 2. The zero-order valence-electron chi connectivity index (χ0n) is 27.7. The average Bonchev–Trinajstić information content (AvgIpc) is 2.95. The predicted octanol–water partition coefficient (Wildman–Crippen LogP) is 2.82. The van der Waals surface area contributed by atoms with Crippen molar-refractivity contribution in [2.75, 3.05) is 26.2 Å². The van der Waals surface area contributed by atoms with Crippen LogP contribution in [0.25, 0.3) is 0 Å². The van der Waals surface area contributed by atoms with Crippen LogP contribution >= 0.6 is 0 Å². The van der Waals surface area contributed by atoms with Gasteiger partial charge in [-0.15, -0.1) is 0 Å². The van der Waals surface area contributed by atoms with E-state index < -0.39 is 63.4 Å². The van der Waals surface area contributed by atoms with E-state index in [0.29, 0.717) is 26.1 Å². The number of nitrogens with zero attached hydrogens (tertiary/aromatic N) is 2. The Kier molecular flexibility index (Phi) is 16.1. The van der Waals surface area contributed by atoms with E-state index in [1.54, 1.807) is 23.8 Å². The van der Waals surface area contributed by atoms with Crippen molar-refractivity contribution >= 4 is 27.7 Å². The van der Waals surface area contributed by atoms with Crippen molar-refractivity contribution in [2.24, 2.45) is 28.8 Å². The minimum absolute atomic E-state index is 0.0246. The van der Waals surface area contributed by atoms with Gasteiger partial charge in [-0.05, 0) is 63.7 Å². The highest BCUT2D eigenvalue weighted by Gasteiger charge is 2.42. The van der Waals surface area contributed by atoms with Gasteiger partial charge in [-0.25, -0.2) is 27.3 Å². The van der Waals surface area contributed by atoms with Crippen LogP contribution in [0.2, 0.25) is 0 Å². The molecule has 45 heavy (non-hydrogen) atoms. The molecule has 0 aromatic rings. The number of hydrazine groups is 1. The van der Waals surface area contributed by atoms with Gasteiger partial charge in [0.25, 0.3) is 0 Å². The number of aliphatic hydroxyl groups is 1. The second kappa shape index (κ2) is 18.4. The molecule has 11 nitrogen and oxygen atoms in total. The molecule has 0 bridgehead atoms. The lowest BCUT2D eigenvalue weighted by Gasteiger charge is -2.37. The molecular formula is C31H57F2N5O6S. The van der Waals surface area contributed by atoms with Gasteiger partial charge in [-0.2, -0.15) is 0 Å². The second-order valence-corrected chi connectivity index (χ2v) is 15.2. The van der Waals surface area contributed by atoms with Crippen molar-refractivity contribution in [3.8, 4) is 0 Å². The van der Waals surface area contributed by atoms with Gasteiger partial charge in [-0.1, -0.05) is 34.6 Å². The van der Waals surface area contributed by atoms with Crippen LogP contribution < -0.4 is 15.9 Å². The van der Waals surface area contributed by atoms with Gasteiger partial charge in [0.05, 0.1) is 17.4 Å². The average molecular weight is 666 g/mol. The minimum atomic E-state index is -4.06. The van der Waals surface area contributed by atoms with Crippen LogP contribution in [0.15, 0.2) is 0 Å². The Labute approximate surface area is 268 Å². The molecule has 7 unspecified atom stereocenters. The Morgan fingerprint density at radius 3 is 1.96 bits per heavy atom. The first-order valence-corrected chi connectivity index (χ1v) is 18.3. The number of nitrogens with two attached hydrogens (primary N) is 1. The van der Waals surface area contributed by atoms with E-state index >= 15 is 0 Å². The molecule has 0 aromatic carbocycles. The van der Waals surface area contributed by atoms with Crippen molar-refractivity contribution in [1.82, 2.24) is 20.7 Å². The van der Waals surface area contributed by atoms with Crippen LogP contribution in [-0.2, 0) is 24.4 Å². The number of rotatable bonds is 17. The summed E-state index contributed by atoms with van der Waals surface area (Å²) < 4.78 is 53.6. The summed E-state index contributed by atoms with van der Waals surface area (Å²) in [6.07, 6.45) is -1.57. The van der Waals surface area contributed by atoms with Gasteiger partial charge in [0.1, 0.15) is 12.3 Å². The molecule has 0 radical (unpaired) electrons. The molecule has 2 fully saturated rings. The summed E-state index contributed by atoms with van der Waals surface area (Å²) in [5, 5.41) is 20.3. The summed E-state index contributed by atoms with van der Waals surface area (Å²) in [4.78, 5) is 41.4. The van der Waals surface area contributed by atoms with Crippen molar-refractivity contribution in [1.29, 1.82) is 0 Å². The van der Waals surface area contributed by atoms with Gasteiger partial charge >= 0.3 is 0 Å². The fraction of sp³-hybridized carbons (Fsp3) is 0.903.